The molecule has 1 unspecified atom stereocenters. The summed E-state index contributed by atoms with van der Waals surface area (Å²) < 4.78 is 27.2. The maximum absolute atomic E-state index is 13.6. The van der Waals surface area contributed by atoms with Gasteiger partial charge in [-0.3, -0.25) is 4.79 Å². The smallest absolute Gasteiger partial charge is 0.254 e. The zero-order valence-electron chi connectivity index (χ0n) is 17.9. The molecule has 0 radical (unpaired) electrons. The van der Waals surface area contributed by atoms with E-state index in [9.17, 15) is 18.8 Å². The fourth-order valence-corrected chi connectivity index (χ4v) is 5.14. The van der Waals surface area contributed by atoms with E-state index in [4.69, 9.17) is 11.6 Å². The van der Waals surface area contributed by atoms with Crippen molar-refractivity contribution in [2.45, 2.75) is 44.6 Å². The molecule has 168 valence electrons. The Morgan fingerprint density at radius 3 is 2.47 bits per heavy atom. The van der Waals surface area contributed by atoms with Crippen LogP contribution in [0.25, 0.3) is 0 Å². The van der Waals surface area contributed by atoms with Gasteiger partial charge in [-0.05, 0) is 55.5 Å². The van der Waals surface area contributed by atoms with E-state index in [0.29, 0.717) is 29.6 Å². The maximum Gasteiger partial charge on any atom is 0.254 e. The predicted octanol–water partition coefficient (Wildman–Crippen LogP) is 5.79. The minimum atomic E-state index is -0.754. The number of amides is 1. The molecule has 2 aromatic carbocycles. The lowest BCUT2D eigenvalue weighted by molar-refractivity contribution is 0.0789. The second kappa shape index (κ2) is 9.87. The summed E-state index contributed by atoms with van der Waals surface area (Å²) in [5.41, 5.74) is 1.41. The van der Waals surface area contributed by atoms with Gasteiger partial charge in [-0.2, -0.15) is 5.26 Å². The third-order valence-corrected chi connectivity index (χ3v) is 6.90. The second-order valence-electron chi connectivity index (χ2n) is 8.78. The van der Waals surface area contributed by atoms with Crippen LogP contribution in [0, 0.1) is 28.9 Å². The minimum absolute atomic E-state index is 0.0309. The molecule has 32 heavy (non-hydrogen) atoms. The van der Waals surface area contributed by atoms with Crippen LogP contribution in [-0.4, -0.2) is 36.5 Å². The van der Waals surface area contributed by atoms with Crippen LogP contribution in [-0.2, 0) is 0 Å². The van der Waals surface area contributed by atoms with Gasteiger partial charge in [0.2, 0.25) is 0 Å². The Morgan fingerprint density at radius 2 is 1.81 bits per heavy atom. The number of hydrogen-bond acceptors (Lipinski definition) is 3. The molecule has 0 aromatic heterocycles. The molecule has 0 bridgehead atoms. The molecule has 1 aliphatic carbocycles. The molecule has 1 saturated heterocycles. The lowest BCUT2D eigenvalue weighted by Crippen LogP contribution is -2.42. The van der Waals surface area contributed by atoms with Gasteiger partial charge in [-0.25, -0.2) is 8.78 Å². The Labute approximate surface area is 192 Å². The van der Waals surface area contributed by atoms with Gasteiger partial charge in [0.25, 0.3) is 5.91 Å². The molecule has 1 aliphatic heterocycles. The lowest BCUT2D eigenvalue weighted by atomic mass is 9.88. The first-order valence-electron chi connectivity index (χ1n) is 11.2. The minimum Gasteiger partial charge on any atom is -0.366 e. The van der Waals surface area contributed by atoms with Gasteiger partial charge in [0.1, 0.15) is 17.7 Å². The van der Waals surface area contributed by atoms with Gasteiger partial charge in [-0.15, -0.1) is 0 Å². The van der Waals surface area contributed by atoms with Crippen molar-refractivity contribution in [3.63, 3.8) is 0 Å². The molecule has 1 atom stereocenters. The van der Waals surface area contributed by atoms with Crippen molar-refractivity contribution in [1.82, 2.24) is 4.90 Å². The number of halogens is 3. The molecule has 4 rings (SSSR count). The number of anilines is 1. The van der Waals surface area contributed by atoms with Gasteiger partial charge in [0.15, 0.2) is 0 Å². The Bertz CT molecular complexity index is 1010. The van der Waals surface area contributed by atoms with Crippen molar-refractivity contribution in [2.24, 2.45) is 5.92 Å². The zero-order chi connectivity index (χ0) is 22.7. The summed E-state index contributed by atoms with van der Waals surface area (Å²) in [6, 6.07) is 10.6. The van der Waals surface area contributed by atoms with Crippen LogP contribution in [0.3, 0.4) is 0 Å². The molecule has 2 aliphatic rings. The van der Waals surface area contributed by atoms with Gasteiger partial charge in [-0.1, -0.05) is 30.9 Å². The average molecular weight is 458 g/mol. The fraction of sp³-hybridized carbons (Fsp3) is 0.440. The van der Waals surface area contributed by atoms with Crippen LogP contribution in [0.4, 0.5) is 14.5 Å². The Balaban J connectivity index is 1.55. The van der Waals surface area contributed by atoms with E-state index in [1.807, 2.05) is 12.1 Å². The highest BCUT2D eigenvalue weighted by atomic mass is 35.5. The molecule has 7 heteroatoms. The van der Waals surface area contributed by atoms with Crippen LogP contribution in [0.1, 0.15) is 54.4 Å². The van der Waals surface area contributed by atoms with Crippen LogP contribution < -0.4 is 4.90 Å². The van der Waals surface area contributed by atoms with E-state index in [2.05, 4.69) is 11.0 Å². The summed E-state index contributed by atoms with van der Waals surface area (Å²) in [5, 5.41) is 9.63. The molecular formula is C25H26ClF2N3O. The zero-order valence-corrected chi connectivity index (χ0v) is 18.6. The average Bonchev–Trinajstić information content (AvgIpc) is 3.27. The van der Waals surface area contributed by atoms with Crippen molar-refractivity contribution in [3.05, 3.63) is 64.2 Å². The number of carbonyl (C=O) groups excluding carboxylic acids is 1. The number of nitriles is 1. The Kier molecular flexibility index (Phi) is 6.95. The Morgan fingerprint density at radius 1 is 1.09 bits per heavy atom. The standard InChI is InChI=1S/C25H26ClF2N3O/c26-24-13-22(7-6-18(24)14-29)31(15-17-4-2-1-3-5-17)23-8-9-30(16-23)25(32)19-10-20(27)12-21(28)11-19/h6-7,10-13,17,23H,1-5,8-9,15-16H2. The monoisotopic (exact) mass is 457 g/mol. The third kappa shape index (κ3) is 5.05. The van der Waals surface area contributed by atoms with Gasteiger partial charge < -0.3 is 9.80 Å². The molecule has 2 aromatic rings. The van der Waals surface area contributed by atoms with Gasteiger partial charge in [0.05, 0.1) is 10.6 Å². The van der Waals surface area contributed by atoms with E-state index >= 15 is 0 Å². The van der Waals surface area contributed by atoms with Crippen LogP contribution in [0.2, 0.25) is 5.02 Å². The van der Waals surface area contributed by atoms with E-state index < -0.39 is 11.6 Å². The molecule has 0 N–H and O–H groups in total. The largest absolute Gasteiger partial charge is 0.366 e. The normalized spacial score (nSPS) is 19.1. The SMILES string of the molecule is N#Cc1ccc(N(CC2CCCCC2)C2CCN(C(=O)c3cc(F)cc(F)c3)C2)cc1Cl. The number of hydrogen-bond donors (Lipinski definition) is 0. The molecule has 1 heterocycles. The first kappa shape index (κ1) is 22.5. The summed E-state index contributed by atoms with van der Waals surface area (Å²) in [7, 11) is 0. The molecule has 4 nitrogen and oxygen atoms in total. The summed E-state index contributed by atoms with van der Waals surface area (Å²) in [4.78, 5) is 16.9. The van der Waals surface area contributed by atoms with Crippen LogP contribution in [0.15, 0.2) is 36.4 Å². The van der Waals surface area contributed by atoms with Gasteiger partial charge >= 0.3 is 0 Å². The fourth-order valence-electron chi connectivity index (χ4n) is 4.93. The molecule has 0 spiro atoms. The van der Waals surface area contributed by atoms with Crippen molar-refractivity contribution >= 4 is 23.2 Å². The van der Waals surface area contributed by atoms with Gasteiger partial charge in [0, 0.05) is 43.0 Å². The summed E-state index contributed by atoms with van der Waals surface area (Å²) in [6.07, 6.45) is 6.85. The summed E-state index contributed by atoms with van der Waals surface area (Å²) >= 11 is 6.33. The topological polar surface area (TPSA) is 47.3 Å². The van der Waals surface area contributed by atoms with E-state index in [-0.39, 0.29) is 17.5 Å². The van der Waals surface area contributed by atoms with Crippen LogP contribution in [0.5, 0.6) is 0 Å². The number of carbonyl (C=O) groups is 1. The van der Waals surface area contributed by atoms with Crippen molar-refractivity contribution in [2.75, 3.05) is 24.5 Å². The third-order valence-electron chi connectivity index (χ3n) is 6.59. The second-order valence-corrected chi connectivity index (χ2v) is 9.19. The Hall–Kier alpha value is -2.65. The van der Waals surface area contributed by atoms with Crippen LogP contribution >= 0.6 is 11.6 Å². The first-order valence-corrected chi connectivity index (χ1v) is 11.5. The molecule has 1 amide bonds. The molecule has 1 saturated carbocycles. The predicted molar refractivity (Wildman–Crippen MR) is 121 cm³/mol. The quantitative estimate of drug-likeness (QED) is 0.570. The number of nitrogens with zero attached hydrogens (tertiary/aromatic N) is 3. The summed E-state index contributed by atoms with van der Waals surface area (Å²) in [5.74, 6) is -1.30. The van der Waals surface area contributed by atoms with E-state index in [0.717, 1.165) is 36.9 Å². The highest BCUT2D eigenvalue weighted by Gasteiger charge is 2.33. The van der Waals surface area contributed by atoms with E-state index in [1.54, 1.807) is 11.0 Å². The molecule has 2 fully saturated rings. The van der Waals surface area contributed by atoms with Crippen molar-refractivity contribution in [1.29, 1.82) is 5.26 Å². The highest BCUT2D eigenvalue weighted by Crippen LogP contribution is 2.32. The number of benzene rings is 2. The molecular weight excluding hydrogens is 432 g/mol. The highest BCUT2D eigenvalue weighted by molar-refractivity contribution is 6.32. The number of rotatable bonds is 5. The first-order chi connectivity index (χ1) is 15.4. The van der Waals surface area contributed by atoms with Crippen molar-refractivity contribution in [3.8, 4) is 6.07 Å². The van der Waals surface area contributed by atoms with E-state index in [1.165, 1.54) is 32.1 Å². The van der Waals surface area contributed by atoms with Crippen molar-refractivity contribution < 1.29 is 13.6 Å². The number of likely N-dealkylation sites (tertiary alicyclic amines) is 1. The summed E-state index contributed by atoms with van der Waals surface area (Å²) in [6.45, 7) is 1.86. The lowest BCUT2D eigenvalue weighted by Gasteiger charge is -2.36. The maximum atomic E-state index is 13.6.